The van der Waals surface area contributed by atoms with Crippen molar-refractivity contribution >= 4 is 12.6 Å². The summed E-state index contributed by atoms with van der Waals surface area (Å²) in [5, 5.41) is 8.57. The van der Waals surface area contributed by atoms with Gasteiger partial charge in [0.05, 0.1) is 16.6 Å². The Morgan fingerprint density at radius 1 is 1.12 bits per heavy atom. The summed E-state index contributed by atoms with van der Waals surface area (Å²) in [5.41, 5.74) is 1.62. The van der Waals surface area contributed by atoms with Crippen LogP contribution in [0.15, 0.2) is 30.6 Å². The Morgan fingerprint density at radius 3 is 2.31 bits per heavy atom. The van der Waals surface area contributed by atoms with Gasteiger partial charge >= 0.3 is 7.12 Å². The summed E-state index contributed by atoms with van der Waals surface area (Å²) in [7, 11) is 1.69. The molecule has 2 aromatic rings. The highest BCUT2D eigenvalue weighted by Gasteiger charge is 2.52. The minimum absolute atomic E-state index is 0.0652. The normalized spacial score (nSPS) is 29.6. The van der Waals surface area contributed by atoms with Crippen LogP contribution in [0, 0.1) is 5.92 Å². The van der Waals surface area contributed by atoms with Crippen molar-refractivity contribution in [2.24, 2.45) is 13.0 Å². The lowest BCUT2D eigenvalue weighted by molar-refractivity contribution is 0.00578. The van der Waals surface area contributed by atoms with Crippen molar-refractivity contribution in [3.63, 3.8) is 0 Å². The predicted octanol–water partition coefficient (Wildman–Crippen LogP) is 2.83. The first kappa shape index (κ1) is 17.7. The van der Waals surface area contributed by atoms with Gasteiger partial charge in [0.1, 0.15) is 12.2 Å². The number of nitrogens with zero attached hydrogens (tertiary/aromatic N) is 3. The van der Waals surface area contributed by atoms with Crippen LogP contribution in [0.25, 0.3) is 0 Å². The average molecular weight is 353 g/mol. The van der Waals surface area contributed by atoms with Gasteiger partial charge in [-0.1, -0.05) is 31.2 Å². The third kappa shape index (κ3) is 2.54. The van der Waals surface area contributed by atoms with Crippen molar-refractivity contribution in [1.29, 1.82) is 0 Å². The summed E-state index contributed by atoms with van der Waals surface area (Å²) < 4.78 is 14.5. The van der Waals surface area contributed by atoms with Crippen molar-refractivity contribution in [3.05, 3.63) is 42.0 Å². The second-order valence-corrected chi connectivity index (χ2v) is 9.07. The maximum Gasteiger partial charge on any atom is 0.494 e. The van der Waals surface area contributed by atoms with Crippen LogP contribution in [-0.2, 0) is 21.8 Å². The SMILES string of the molecule is Cn1cnnc1[C@]1(c2cccc(B3OC(C)(C)C(C)(C)O3)c2)C[C@H](C)C1. The third-order valence-electron chi connectivity index (χ3n) is 6.50. The van der Waals surface area contributed by atoms with Crippen molar-refractivity contribution in [2.45, 2.75) is 64.1 Å². The quantitative estimate of drug-likeness (QED) is 0.797. The molecule has 1 aromatic heterocycles. The summed E-state index contributed by atoms with van der Waals surface area (Å²) in [6.07, 6.45) is 3.97. The molecule has 1 saturated carbocycles. The molecule has 6 heteroatoms. The van der Waals surface area contributed by atoms with Crippen molar-refractivity contribution in [1.82, 2.24) is 14.8 Å². The molecule has 0 spiro atoms. The molecule has 0 N–H and O–H groups in total. The van der Waals surface area contributed by atoms with E-state index in [4.69, 9.17) is 9.31 Å². The summed E-state index contributed by atoms with van der Waals surface area (Å²) in [6.45, 7) is 10.7. The van der Waals surface area contributed by atoms with E-state index >= 15 is 0 Å². The fourth-order valence-corrected chi connectivity index (χ4v) is 4.36. The maximum absolute atomic E-state index is 6.25. The number of hydrogen-bond donors (Lipinski definition) is 0. The number of aryl methyl sites for hydroxylation is 1. The van der Waals surface area contributed by atoms with Gasteiger partial charge in [0.15, 0.2) is 0 Å². The Morgan fingerprint density at radius 2 is 1.77 bits per heavy atom. The van der Waals surface area contributed by atoms with Crippen LogP contribution < -0.4 is 5.46 Å². The summed E-state index contributed by atoms with van der Waals surface area (Å²) >= 11 is 0. The molecule has 0 radical (unpaired) electrons. The molecule has 2 fully saturated rings. The predicted molar refractivity (Wildman–Crippen MR) is 102 cm³/mol. The largest absolute Gasteiger partial charge is 0.494 e. The molecule has 2 aliphatic rings. The molecule has 0 bridgehead atoms. The first-order chi connectivity index (χ1) is 12.1. The van der Waals surface area contributed by atoms with Crippen LogP contribution in [0.4, 0.5) is 0 Å². The topological polar surface area (TPSA) is 49.2 Å². The molecule has 26 heavy (non-hydrogen) atoms. The molecular formula is C20H28BN3O2. The number of benzene rings is 1. The Labute approximate surface area is 156 Å². The van der Waals surface area contributed by atoms with Crippen molar-refractivity contribution in [2.75, 3.05) is 0 Å². The standard InChI is InChI=1S/C20H28BN3O2/c1-14-11-20(12-14,17-23-22-13-24(17)6)15-8-7-9-16(10-15)21-25-18(2,3)19(4,5)26-21/h7-10,13-14H,11-12H2,1-6H3/t14-,20+. The highest BCUT2D eigenvalue weighted by atomic mass is 16.7. The second kappa shape index (κ2) is 5.67. The number of rotatable bonds is 3. The minimum atomic E-state index is -0.339. The number of aromatic nitrogens is 3. The van der Waals surface area contributed by atoms with Gasteiger partial charge in [0.2, 0.25) is 0 Å². The number of hydrogen-bond acceptors (Lipinski definition) is 4. The Kier molecular flexibility index (Phi) is 3.87. The van der Waals surface area contributed by atoms with Crippen LogP contribution >= 0.6 is 0 Å². The average Bonchev–Trinajstić information content (AvgIpc) is 3.05. The van der Waals surface area contributed by atoms with E-state index in [-0.39, 0.29) is 23.7 Å². The van der Waals surface area contributed by atoms with E-state index in [0.29, 0.717) is 5.92 Å². The van der Waals surface area contributed by atoms with Crippen LogP contribution in [-0.4, -0.2) is 33.1 Å². The molecule has 5 nitrogen and oxygen atoms in total. The highest BCUT2D eigenvalue weighted by molar-refractivity contribution is 6.62. The van der Waals surface area contributed by atoms with E-state index in [0.717, 1.165) is 24.1 Å². The monoisotopic (exact) mass is 353 g/mol. The lowest BCUT2D eigenvalue weighted by Gasteiger charge is -2.46. The van der Waals surface area contributed by atoms with Gasteiger partial charge in [0.25, 0.3) is 0 Å². The van der Waals surface area contributed by atoms with Gasteiger partial charge in [-0.2, -0.15) is 0 Å². The van der Waals surface area contributed by atoms with E-state index in [2.05, 4.69) is 69.1 Å². The van der Waals surface area contributed by atoms with Gasteiger partial charge in [0, 0.05) is 7.05 Å². The van der Waals surface area contributed by atoms with Crippen molar-refractivity contribution in [3.8, 4) is 0 Å². The zero-order chi connectivity index (χ0) is 18.7. The fourth-order valence-electron chi connectivity index (χ4n) is 4.36. The smallest absolute Gasteiger partial charge is 0.399 e. The van der Waals surface area contributed by atoms with Gasteiger partial charge in [-0.25, -0.2) is 0 Å². The van der Waals surface area contributed by atoms with E-state index in [1.54, 1.807) is 6.33 Å². The third-order valence-corrected chi connectivity index (χ3v) is 6.50. The van der Waals surface area contributed by atoms with E-state index in [1.807, 2.05) is 11.6 Å². The molecule has 0 amide bonds. The molecule has 138 valence electrons. The molecule has 1 aliphatic heterocycles. The molecule has 0 unspecified atom stereocenters. The van der Waals surface area contributed by atoms with E-state index in [9.17, 15) is 0 Å². The summed E-state index contributed by atoms with van der Waals surface area (Å²) in [5.74, 6) is 1.73. The molecule has 1 aromatic carbocycles. The zero-order valence-electron chi connectivity index (χ0n) is 16.6. The summed E-state index contributed by atoms with van der Waals surface area (Å²) in [4.78, 5) is 0. The van der Waals surface area contributed by atoms with Gasteiger partial charge in [-0.05, 0) is 57.5 Å². The van der Waals surface area contributed by atoms with Crippen LogP contribution in [0.5, 0.6) is 0 Å². The molecule has 0 atom stereocenters. The van der Waals surface area contributed by atoms with Crippen molar-refractivity contribution < 1.29 is 9.31 Å². The first-order valence-electron chi connectivity index (χ1n) is 9.45. The molecule has 1 aliphatic carbocycles. The maximum atomic E-state index is 6.25. The molecular weight excluding hydrogens is 325 g/mol. The molecule has 4 rings (SSSR count). The van der Waals surface area contributed by atoms with Crippen LogP contribution in [0.3, 0.4) is 0 Å². The van der Waals surface area contributed by atoms with E-state index < -0.39 is 0 Å². The Hall–Kier alpha value is -1.66. The lowest BCUT2D eigenvalue weighted by Crippen LogP contribution is -2.44. The first-order valence-corrected chi connectivity index (χ1v) is 9.45. The Balaban J connectivity index is 1.71. The molecule has 1 saturated heterocycles. The van der Waals surface area contributed by atoms with Crippen LogP contribution in [0.1, 0.15) is 58.8 Å². The van der Waals surface area contributed by atoms with Gasteiger partial charge in [-0.3, -0.25) is 0 Å². The Bertz CT molecular complexity index is 808. The highest BCUT2D eigenvalue weighted by Crippen LogP contribution is 2.51. The van der Waals surface area contributed by atoms with Gasteiger partial charge in [-0.15, -0.1) is 10.2 Å². The minimum Gasteiger partial charge on any atom is -0.399 e. The van der Waals surface area contributed by atoms with Gasteiger partial charge < -0.3 is 13.9 Å². The van der Waals surface area contributed by atoms with E-state index in [1.165, 1.54) is 5.56 Å². The second-order valence-electron chi connectivity index (χ2n) is 9.07. The fraction of sp³-hybridized carbons (Fsp3) is 0.600. The summed E-state index contributed by atoms with van der Waals surface area (Å²) in [6, 6.07) is 8.65. The zero-order valence-corrected chi connectivity index (χ0v) is 16.6. The van der Waals surface area contributed by atoms with Crippen LogP contribution in [0.2, 0.25) is 0 Å². The molecule has 2 heterocycles. The lowest BCUT2D eigenvalue weighted by atomic mass is 9.58.